The normalized spacial score (nSPS) is 21.9. The number of benzene rings is 1. The number of hydrogen-bond donors (Lipinski definition) is 0. The summed E-state index contributed by atoms with van der Waals surface area (Å²) in [5.41, 5.74) is 0.556. The van der Waals surface area contributed by atoms with E-state index in [4.69, 9.17) is 4.74 Å². The van der Waals surface area contributed by atoms with Gasteiger partial charge in [0, 0.05) is 17.2 Å². The third-order valence-electron chi connectivity index (χ3n) is 3.37. The fraction of sp³-hybridized carbons (Fsp3) is 0.538. The zero-order valence-electron chi connectivity index (χ0n) is 10.4. The summed E-state index contributed by atoms with van der Waals surface area (Å²) in [6.45, 7) is 5.58. The lowest BCUT2D eigenvalue weighted by Gasteiger charge is -2.26. The number of fused-ring (bicyclic) bond motifs is 1. The van der Waals surface area contributed by atoms with Crippen molar-refractivity contribution in [3.63, 3.8) is 0 Å². The number of para-hydroxylation sites is 1. The van der Waals surface area contributed by atoms with Crippen molar-refractivity contribution in [3.05, 3.63) is 29.8 Å². The molecule has 1 aromatic rings. The molecule has 0 N–H and O–H groups in total. The molecule has 1 heterocycles. The van der Waals surface area contributed by atoms with Crippen LogP contribution in [0.4, 0.5) is 0 Å². The zero-order chi connectivity index (χ0) is 12.7. The summed E-state index contributed by atoms with van der Waals surface area (Å²) in [6.07, 6.45) is 0. The maximum absolute atomic E-state index is 11.8. The second-order valence-electron chi connectivity index (χ2n) is 4.99. The molecule has 3 nitrogen and oxygen atoms in total. The van der Waals surface area contributed by atoms with Crippen molar-refractivity contribution in [2.45, 2.75) is 32.3 Å². The van der Waals surface area contributed by atoms with Gasteiger partial charge in [-0.1, -0.05) is 25.1 Å². The van der Waals surface area contributed by atoms with Crippen LogP contribution < -0.4 is 4.74 Å². The highest BCUT2D eigenvalue weighted by Crippen LogP contribution is 2.44. The molecule has 0 amide bonds. The van der Waals surface area contributed by atoms with E-state index in [0.29, 0.717) is 0 Å². The Hall–Kier alpha value is -1.03. The second kappa shape index (κ2) is 4.02. The molecule has 0 saturated heterocycles. The van der Waals surface area contributed by atoms with Gasteiger partial charge < -0.3 is 4.74 Å². The monoisotopic (exact) mass is 254 g/mol. The minimum absolute atomic E-state index is 0.0800. The van der Waals surface area contributed by atoms with Gasteiger partial charge >= 0.3 is 0 Å². The van der Waals surface area contributed by atoms with Crippen molar-refractivity contribution < 1.29 is 13.2 Å². The molecular formula is C13H18O3S. The van der Waals surface area contributed by atoms with E-state index in [9.17, 15) is 8.42 Å². The molecule has 94 valence electrons. The highest BCUT2D eigenvalue weighted by molar-refractivity contribution is 7.91. The molecule has 17 heavy (non-hydrogen) atoms. The Balaban J connectivity index is 2.39. The molecule has 0 fully saturated rings. The summed E-state index contributed by atoms with van der Waals surface area (Å²) in [7, 11) is -3.00. The Labute approximate surface area is 103 Å². The first-order valence-corrected chi connectivity index (χ1v) is 7.66. The first-order valence-electron chi connectivity index (χ1n) is 5.84. The first-order chi connectivity index (χ1) is 7.86. The molecule has 0 aliphatic carbocycles. The van der Waals surface area contributed by atoms with Crippen LogP contribution in [0.15, 0.2) is 24.3 Å². The summed E-state index contributed by atoms with van der Waals surface area (Å²) < 4.78 is 29.4. The molecule has 0 radical (unpaired) electrons. The quantitative estimate of drug-likeness (QED) is 0.831. The van der Waals surface area contributed by atoms with Crippen molar-refractivity contribution >= 4 is 9.84 Å². The summed E-state index contributed by atoms with van der Waals surface area (Å²) in [4.78, 5) is 0. The number of rotatable bonds is 3. The van der Waals surface area contributed by atoms with Gasteiger partial charge in [0.15, 0.2) is 9.84 Å². The topological polar surface area (TPSA) is 43.4 Å². The van der Waals surface area contributed by atoms with E-state index in [1.165, 1.54) is 0 Å². The van der Waals surface area contributed by atoms with Crippen LogP contribution >= 0.6 is 0 Å². The predicted octanol–water partition coefficient (Wildman–Crippen LogP) is 2.38. The third kappa shape index (κ3) is 2.32. The zero-order valence-corrected chi connectivity index (χ0v) is 11.3. The Morgan fingerprint density at radius 1 is 1.29 bits per heavy atom. The van der Waals surface area contributed by atoms with Gasteiger partial charge in [-0.3, -0.25) is 0 Å². The summed E-state index contributed by atoms with van der Waals surface area (Å²) in [5.74, 6) is 1.08. The summed E-state index contributed by atoms with van der Waals surface area (Å²) >= 11 is 0. The molecule has 0 saturated carbocycles. The van der Waals surface area contributed by atoms with E-state index in [2.05, 4.69) is 0 Å². The Kier molecular flexibility index (Phi) is 2.94. The molecule has 0 spiro atoms. The van der Waals surface area contributed by atoms with E-state index in [1.807, 2.05) is 38.1 Å². The summed E-state index contributed by atoms with van der Waals surface area (Å²) in [6, 6.07) is 7.69. The van der Waals surface area contributed by atoms with Crippen LogP contribution in [0.3, 0.4) is 0 Å². The molecular weight excluding hydrogens is 236 g/mol. The largest absolute Gasteiger partial charge is 0.487 e. The van der Waals surface area contributed by atoms with Gasteiger partial charge in [-0.15, -0.1) is 0 Å². The number of ether oxygens (including phenoxy) is 1. The maximum Gasteiger partial charge on any atom is 0.150 e. The molecule has 1 aliphatic heterocycles. The van der Waals surface area contributed by atoms with Crippen LogP contribution in [-0.2, 0) is 9.84 Å². The molecule has 1 aliphatic rings. The lowest BCUT2D eigenvalue weighted by Crippen LogP contribution is -2.34. The van der Waals surface area contributed by atoms with Crippen molar-refractivity contribution in [3.8, 4) is 5.75 Å². The average molecular weight is 254 g/mol. The van der Waals surface area contributed by atoms with Crippen LogP contribution in [0.1, 0.15) is 32.3 Å². The van der Waals surface area contributed by atoms with E-state index in [1.54, 1.807) is 6.92 Å². The molecule has 0 bridgehead atoms. The average Bonchev–Trinajstić information content (AvgIpc) is 2.50. The minimum atomic E-state index is -3.00. The maximum atomic E-state index is 11.8. The molecule has 2 rings (SSSR count). The van der Waals surface area contributed by atoms with Gasteiger partial charge in [-0.2, -0.15) is 0 Å². The fourth-order valence-electron chi connectivity index (χ4n) is 2.25. The van der Waals surface area contributed by atoms with Crippen molar-refractivity contribution in [2.24, 2.45) is 0 Å². The lowest BCUT2D eigenvalue weighted by atomic mass is 9.89. The Morgan fingerprint density at radius 3 is 2.59 bits per heavy atom. The van der Waals surface area contributed by atoms with Gasteiger partial charge in [0.25, 0.3) is 0 Å². The molecule has 1 unspecified atom stereocenters. The SMILES string of the molecule is CCS(=O)(=O)CC1c2ccccc2OC1(C)C. The minimum Gasteiger partial charge on any atom is -0.487 e. The van der Waals surface area contributed by atoms with Crippen LogP contribution in [0.25, 0.3) is 0 Å². The van der Waals surface area contributed by atoms with Crippen LogP contribution in [0.2, 0.25) is 0 Å². The highest BCUT2D eigenvalue weighted by Gasteiger charge is 2.42. The van der Waals surface area contributed by atoms with E-state index >= 15 is 0 Å². The van der Waals surface area contributed by atoms with E-state index < -0.39 is 15.4 Å². The van der Waals surface area contributed by atoms with Crippen molar-refractivity contribution in [2.75, 3.05) is 11.5 Å². The highest BCUT2D eigenvalue weighted by atomic mass is 32.2. The molecule has 1 atom stereocenters. The van der Waals surface area contributed by atoms with Crippen molar-refractivity contribution in [1.82, 2.24) is 0 Å². The van der Waals surface area contributed by atoms with Gasteiger partial charge in [-0.05, 0) is 19.9 Å². The standard InChI is InChI=1S/C13H18O3S/c1-4-17(14,15)9-11-10-7-5-6-8-12(10)16-13(11,2)3/h5-8,11H,4,9H2,1-3H3. The van der Waals surface area contributed by atoms with Gasteiger partial charge in [0.1, 0.15) is 11.4 Å². The Morgan fingerprint density at radius 2 is 1.94 bits per heavy atom. The van der Waals surface area contributed by atoms with E-state index in [-0.39, 0.29) is 17.4 Å². The van der Waals surface area contributed by atoms with Gasteiger partial charge in [0.2, 0.25) is 0 Å². The Bertz CT molecular complexity index is 517. The van der Waals surface area contributed by atoms with E-state index in [0.717, 1.165) is 11.3 Å². The van der Waals surface area contributed by atoms with Crippen molar-refractivity contribution in [1.29, 1.82) is 0 Å². The van der Waals surface area contributed by atoms with Gasteiger partial charge in [0.05, 0.1) is 5.75 Å². The number of hydrogen-bond acceptors (Lipinski definition) is 3. The molecule has 0 aromatic heterocycles. The van der Waals surface area contributed by atoms with Crippen LogP contribution in [0.5, 0.6) is 5.75 Å². The van der Waals surface area contributed by atoms with Crippen LogP contribution in [0, 0.1) is 0 Å². The summed E-state index contributed by atoms with van der Waals surface area (Å²) in [5, 5.41) is 0. The molecule has 1 aromatic carbocycles. The lowest BCUT2D eigenvalue weighted by molar-refractivity contribution is 0.116. The predicted molar refractivity (Wildman–Crippen MR) is 68.2 cm³/mol. The number of sulfone groups is 1. The third-order valence-corrected chi connectivity index (χ3v) is 5.09. The second-order valence-corrected chi connectivity index (χ2v) is 7.39. The van der Waals surface area contributed by atoms with Crippen LogP contribution in [-0.4, -0.2) is 25.5 Å². The molecule has 4 heteroatoms. The smallest absolute Gasteiger partial charge is 0.150 e. The first kappa shape index (κ1) is 12.4. The van der Waals surface area contributed by atoms with Gasteiger partial charge in [-0.25, -0.2) is 8.42 Å². The fourth-order valence-corrected chi connectivity index (χ4v) is 3.58.